The van der Waals surface area contributed by atoms with Crippen molar-refractivity contribution in [3.63, 3.8) is 0 Å². The number of benzene rings is 3. The minimum Gasteiger partial charge on any atom is -0.489 e. The smallest absolute Gasteiger partial charge is 0.303 e. The summed E-state index contributed by atoms with van der Waals surface area (Å²) in [5, 5.41) is 12.5. The molecule has 0 saturated carbocycles. The molecule has 206 valence electrons. The largest absolute Gasteiger partial charge is 0.489 e. The summed E-state index contributed by atoms with van der Waals surface area (Å²) in [5.41, 5.74) is 11.3. The van der Waals surface area contributed by atoms with E-state index in [2.05, 4.69) is 37.4 Å². The van der Waals surface area contributed by atoms with Crippen molar-refractivity contribution >= 4 is 17.8 Å². The molecule has 3 aromatic carbocycles. The van der Waals surface area contributed by atoms with Gasteiger partial charge in [0, 0.05) is 12.0 Å². The summed E-state index contributed by atoms with van der Waals surface area (Å²) in [5.74, 6) is -0.572. The lowest BCUT2D eigenvalue weighted by molar-refractivity contribution is -0.137. The average molecular weight is 531 g/mol. The lowest BCUT2D eigenvalue weighted by atomic mass is 9.93. The second kappa shape index (κ2) is 13.6. The summed E-state index contributed by atoms with van der Waals surface area (Å²) < 4.78 is 5.91. The molecule has 0 saturated heterocycles. The number of aliphatic carboxylic acids is 1. The molecule has 3 aromatic rings. The summed E-state index contributed by atoms with van der Waals surface area (Å²) in [6.07, 6.45) is 1.11. The number of carboxylic acid groups (broad SMARTS) is 1. The Hall–Kier alpha value is -4.13. The molecule has 0 aliphatic rings. The van der Waals surface area contributed by atoms with Gasteiger partial charge in [0.1, 0.15) is 12.4 Å². The SMILES string of the molecule is Cc1cc(C)cc(C(CC(C)C)NC(=O)c2cc(COc3ccc(CC(N)=O)cc3)ccc2CCC(=O)O)c1. The number of amides is 2. The second-order valence-corrected chi connectivity index (χ2v) is 10.5. The predicted molar refractivity (Wildman–Crippen MR) is 152 cm³/mol. The molecule has 39 heavy (non-hydrogen) atoms. The van der Waals surface area contributed by atoms with Gasteiger partial charge in [-0.2, -0.15) is 0 Å². The van der Waals surface area contributed by atoms with Crippen LogP contribution in [-0.2, 0) is 29.0 Å². The number of aryl methyl sites for hydroxylation is 3. The number of nitrogens with two attached hydrogens (primary N) is 1. The number of hydrogen-bond donors (Lipinski definition) is 3. The van der Waals surface area contributed by atoms with E-state index in [1.165, 1.54) is 0 Å². The molecular weight excluding hydrogens is 492 g/mol. The zero-order valence-electron chi connectivity index (χ0n) is 23.1. The van der Waals surface area contributed by atoms with Crippen LogP contribution in [0.25, 0.3) is 0 Å². The molecule has 4 N–H and O–H groups in total. The van der Waals surface area contributed by atoms with Crippen molar-refractivity contribution in [3.8, 4) is 5.75 Å². The van der Waals surface area contributed by atoms with Crippen molar-refractivity contribution in [2.75, 3.05) is 0 Å². The summed E-state index contributed by atoms with van der Waals surface area (Å²) >= 11 is 0. The van der Waals surface area contributed by atoms with E-state index >= 15 is 0 Å². The van der Waals surface area contributed by atoms with Crippen LogP contribution in [0, 0.1) is 19.8 Å². The fourth-order valence-electron chi connectivity index (χ4n) is 4.65. The van der Waals surface area contributed by atoms with Gasteiger partial charge in [-0.3, -0.25) is 14.4 Å². The van der Waals surface area contributed by atoms with Gasteiger partial charge in [0.25, 0.3) is 5.91 Å². The molecule has 7 nitrogen and oxygen atoms in total. The quantitative estimate of drug-likeness (QED) is 0.272. The maximum atomic E-state index is 13.7. The topological polar surface area (TPSA) is 119 Å². The van der Waals surface area contributed by atoms with Crippen LogP contribution in [-0.4, -0.2) is 22.9 Å². The average Bonchev–Trinajstić information content (AvgIpc) is 2.85. The fourth-order valence-corrected chi connectivity index (χ4v) is 4.65. The number of nitrogens with one attached hydrogen (secondary N) is 1. The predicted octanol–water partition coefficient (Wildman–Crippen LogP) is 5.44. The number of rotatable bonds is 13. The van der Waals surface area contributed by atoms with Crippen molar-refractivity contribution in [1.29, 1.82) is 0 Å². The highest BCUT2D eigenvalue weighted by Crippen LogP contribution is 2.25. The third kappa shape index (κ3) is 9.28. The molecule has 0 bridgehead atoms. The first kappa shape index (κ1) is 29.4. The zero-order valence-corrected chi connectivity index (χ0v) is 23.1. The van der Waals surface area contributed by atoms with Crippen molar-refractivity contribution in [2.24, 2.45) is 11.7 Å². The molecule has 0 fully saturated rings. The van der Waals surface area contributed by atoms with E-state index in [0.717, 1.165) is 34.2 Å². The van der Waals surface area contributed by atoms with Gasteiger partial charge in [-0.15, -0.1) is 0 Å². The number of carbonyl (C=O) groups excluding carboxylic acids is 2. The van der Waals surface area contributed by atoms with E-state index in [0.29, 0.717) is 22.8 Å². The lowest BCUT2D eigenvalue weighted by Crippen LogP contribution is -2.30. The summed E-state index contributed by atoms with van der Waals surface area (Å²) in [7, 11) is 0. The highest BCUT2D eigenvalue weighted by atomic mass is 16.5. The molecule has 1 unspecified atom stereocenters. The molecule has 0 radical (unpaired) electrons. The van der Waals surface area contributed by atoms with Crippen LogP contribution < -0.4 is 15.8 Å². The molecule has 2 amide bonds. The number of ether oxygens (including phenoxy) is 1. The first-order valence-electron chi connectivity index (χ1n) is 13.2. The van der Waals surface area contributed by atoms with Gasteiger partial charge in [0.05, 0.1) is 12.5 Å². The Kier molecular flexibility index (Phi) is 10.3. The van der Waals surface area contributed by atoms with Gasteiger partial charge in [0.2, 0.25) is 5.91 Å². The molecule has 3 rings (SSSR count). The molecule has 7 heteroatoms. The molecule has 0 aromatic heterocycles. The molecule has 0 aliphatic heterocycles. The number of primary amides is 1. The summed E-state index contributed by atoms with van der Waals surface area (Å²) in [6, 6.07) is 18.7. The third-order valence-corrected chi connectivity index (χ3v) is 6.39. The van der Waals surface area contributed by atoms with Crippen molar-refractivity contribution in [1.82, 2.24) is 5.32 Å². The molecular formula is C32H38N2O5. The molecule has 0 aliphatic carbocycles. The molecule has 0 spiro atoms. The van der Waals surface area contributed by atoms with Crippen LogP contribution in [0.3, 0.4) is 0 Å². The highest BCUT2D eigenvalue weighted by Gasteiger charge is 2.20. The third-order valence-electron chi connectivity index (χ3n) is 6.39. The summed E-state index contributed by atoms with van der Waals surface area (Å²) in [6.45, 7) is 8.56. The van der Waals surface area contributed by atoms with E-state index in [-0.39, 0.29) is 37.8 Å². The Balaban J connectivity index is 1.84. The number of hydrogen-bond acceptors (Lipinski definition) is 4. The van der Waals surface area contributed by atoms with E-state index in [1.807, 2.05) is 19.9 Å². The number of carbonyl (C=O) groups is 3. The van der Waals surface area contributed by atoms with Crippen LogP contribution in [0.4, 0.5) is 0 Å². The number of carboxylic acids is 1. The Bertz CT molecular complexity index is 1290. The van der Waals surface area contributed by atoms with Crippen LogP contribution in [0.2, 0.25) is 0 Å². The van der Waals surface area contributed by atoms with E-state index in [9.17, 15) is 19.5 Å². The van der Waals surface area contributed by atoms with Crippen LogP contribution in [0.15, 0.2) is 60.7 Å². The van der Waals surface area contributed by atoms with Gasteiger partial charge in [0.15, 0.2) is 0 Å². The molecule has 1 atom stereocenters. The fraction of sp³-hybridized carbons (Fsp3) is 0.344. The first-order valence-corrected chi connectivity index (χ1v) is 13.2. The van der Waals surface area contributed by atoms with E-state index < -0.39 is 11.9 Å². The Morgan fingerprint density at radius 2 is 1.56 bits per heavy atom. The van der Waals surface area contributed by atoms with Crippen molar-refractivity contribution in [2.45, 2.75) is 66.0 Å². The minimum absolute atomic E-state index is 0.0692. The van der Waals surface area contributed by atoms with Crippen LogP contribution >= 0.6 is 0 Å². The summed E-state index contributed by atoms with van der Waals surface area (Å²) in [4.78, 5) is 36.0. The van der Waals surface area contributed by atoms with E-state index in [1.54, 1.807) is 36.4 Å². The zero-order chi connectivity index (χ0) is 28.5. The first-order chi connectivity index (χ1) is 18.5. The Morgan fingerprint density at radius 3 is 2.15 bits per heavy atom. The van der Waals surface area contributed by atoms with Gasteiger partial charge in [-0.1, -0.05) is 67.4 Å². The van der Waals surface area contributed by atoms with Crippen molar-refractivity contribution < 1.29 is 24.2 Å². The molecule has 0 heterocycles. The van der Waals surface area contributed by atoms with Crippen LogP contribution in [0.1, 0.15) is 76.5 Å². The normalized spacial score (nSPS) is 11.7. The maximum absolute atomic E-state index is 13.7. The van der Waals surface area contributed by atoms with Gasteiger partial charge >= 0.3 is 5.97 Å². The van der Waals surface area contributed by atoms with Gasteiger partial charge < -0.3 is 20.9 Å². The Morgan fingerprint density at radius 1 is 0.923 bits per heavy atom. The van der Waals surface area contributed by atoms with Gasteiger partial charge in [-0.05, 0) is 73.1 Å². The van der Waals surface area contributed by atoms with Crippen LogP contribution in [0.5, 0.6) is 5.75 Å². The minimum atomic E-state index is -0.915. The lowest BCUT2D eigenvalue weighted by Gasteiger charge is -2.23. The standard InChI is InChI=1S/C32H38N2O5/c1-20(2)13-29(26-15-21(3)14-22(4)16-26)34-32(38)28-17-24(5-8-25(28)9-12-31(36)37)19-39-27-10-6-23(7-11-27)18-30(33)35/h5-8,10-11,14-17,20,29H,9,12-13,18-19H2,1-4H3,(H2,33,35)(H,34,38)(H,36,37). The maximum Gasteiger partial charge on any atom is 0.303 e. The van der Waals surface area contributed by atoms with E-state index in [4.69, 9.17) is 10.5 Å². The van der Waals surface area contributed by atoms with Crippen molar-refractivity contribution in [3.05, 3.63) is 99.6 Å². The Labute approximate surface area is 230 Å². The highest BCUT2D eigenvalue weighted by molar-refractivity contribution is 5.96. The monoisotopic (exact) mass is 530 g/mol. The second-order valence-electron chi connectivity index (χ2n) is 10.5. The van der Waals surface area contributed by atoms with Gasteiger partial charge in [-0.25, -0.2) is 0 Å².